The molecule has 0 aliphatic heterocycles. The molecule has 0 saturated carbocycles. The van der Waals surface area contributed by atoms with Crippen molar-refractivity contribution in [3.05, 3.63) is 75.6 Å². The Morgan fingerprint density at radius 3 is 2.94 bits per heavy atom. The predicted molar refractivity (Wildman–Crippen MR) is 112 cm³/mol. The van der Waals surface area contributed by atoms with Gasteiger partial charge in [0.15, 0.2) is 5.65 Å². The van der Waals surface area contributed by atoms with Crippen LogP contribution in [0.3, 0.4) is 0 Å². The number of carbonyl (C=O) groups is 1. The molecule has 2 N–H and O–H groups in total. The summed E-state index contributed by atoms with van der Waals surface area (Å²) in [4.78, 5) is 31.4. The first-order valence-corrected chi connectivity index (χ1v) is 9.55. The summed E-state index contributed by atoms with van der Waals surface area (Å²) < 4.78 is 6.91. The van der Waals surface area contributed by atoms with E-state index in [9.17, 15) is 14.9 Å². The van der Waals surface area contributed by atoms with Crippen LogP contribution in [0.25, 0.3) is 11.0 Å². The van der Waals surface area contributed by atoms with Crippen molar-refractivity contribution >= 4 is 40.0 Å². The summed E-state index contributed by atoms with van der Waals surface area (Å²) in [5, 5.41) is 22.2. The Hall–Kier alpha value is -3.99. The van der Waals surface area contributed by atoms with E-state index in [1.807, 2.05) is 6.07 Å². The lowest BCUT2D eigenvalue weighted by molar-refractivity contribution is -0.385. The fourth-order valence-electron chi connectivity index (χ4n) is 3.00. The first kappa shape index (κ1) is 20.3. The normalized spacial score (nSPS) is 10.9. The van der Waals surface area contributed by atoms with Crippen LogP contribution in [-0.4, -0.2) is 37.1 Å². The zero-order valence-electron chi connectivity index (χ0n) is 16.0. The number of amides is 1. The topological polar surface area (TPSA) is 141 Å². The van der Waals surface area contributed by atoms with Crippen LogP contribution in [0.4, 0.5) is 11.5 Å². The summed E-state index contributed by atoms with van der Waals surface area (Å²) in [5.74, 6) is 0.768. The Bertz CT molecular complexity index is 1240. The van der Waals surface area contributed by atoms with Gasteiger partial charge >= 0.3 is 0 Å². The van der Waals surface area contributed by atoms with Gasteiger partial charge in [-0.1, -0.05) is 11.6 Å². The van der Waals surface area contributed by atoms with Gasteiger partial charge in [-0.2, -0.15) is 5.10 Å². The molecule has 0 spiro atoms. The highest BCUT2D eigenvalue weighted by Gasteiger charge is 2.20. The average Bonchev–Trinajstić information content (AvgIpc) is 3.42. The Kier molecular flexibility index (Phi) is 5.76. The van der Waals surface area contributed by atoms with Gasteiger partial charge in [-0.3, -0.25) is 14.9 Å². The van der Waals surface area contributed by atoms with Crippen molar-refractivity contribution in [1.29, 1.82) is 0 Å². The summed E-state index contributed by atoms with van der Waals surface area (Å²) >= 11 is 5.88. The largest absolute Gasteiger partial charge is 0.467 e. The highest BCUT2D eigenvalue weighted by Crippen LogP contribution is 2.23. The number of furan rings is 1. The third-order valence-corrected chi connectivity index (χ3v) is 4.69. The van der Waals surface area contributed by atoms with Crippen molar-refractivity contribution in [3.63, 3.8) is 0 Å². The molecule has 0 fully saturated rings. The molecular weight excluding hydrogens is 426 g/mol. The number of nitro groups is 1. The molecule has 11 nitrogen and oxygen atoms in total. The van der Waals surface area contributed by atoms with E-state index in [1.165, 1.54) is 24.5 Å². The van der Waals surface area contributed by atoms with Gasteiger partial charge < -0.3 is 15.1 Å². The standard InChI is InChI=1S/C19H16ClN7O4/c20-12-3-4-16(27(29)30)14(8-12)19(28)21-5-6-26-18-15(10-25-26)17(23-11-24-18)22-9-13-2-1-7-31-13/h1-4,7-8,10-11H,5-6,9H2,(H,21,28)(H,22,23,24). The molecule has 1 aromatic carbocycles. The quantitative estimate of drug-likeness (QED) is 0.314. The summed E-state index contributed by atoms with van der Waals surface area (Å²) in [6, 6.07) is 7.48. The van der Waals surface area contributed by atoms with Crippen molar-refractivity contribution in [2.75, 3.05) is 11.9 Å². The van der Waals surface area contributed by atoms with E-state index >= 15 is 0 Å². The Morgan fingerprint density at radius 2 is 2.16 bits per heavy atom. The molecular formula is C19H16ClN7O4. The molecule has 3 aromatic heterocycles. The molecule has 158 valence electrons. The van der Waals surface area contributed by atoms with E-state index in [0.29, 0.717) is 29.9 Å². The maximum atomic E-state index is 12.4. The van der Waals surface area contributed by atoms with E-state index in [0.717, 1.165) is 5.76 Å². The van der Waals surface area contributed by atoms with Gasteiger partial charge in [-0.05, 0) is 24.3 Å². The second-order valence-electron chi connectivity index (χ2n) is 6.43. The van der Waals surface area contributed by atoms with Crippen molar-refractivity contribution in [2.24, 2.45) is 0 Å². The summed E-state index contributed by atoms with van der Waals surface area (Å²) in [6.45, 7) is 0.940. The van der Waals surface area contributed by atoms with Crippen LogP contribution >= 0.6 is 11.6 Å². The van der Waals surface area contributed by atoms with Gasteiger partial charge in [0.25, 0.3) is 11.6 Å². The molecule has 12 heteroatoms. The second kappa shape index (κ2) is 8.79. The van der Waals surface area contributed by atoms with Crippen molar-refractivity contribution in [1.82, 2.24) is 25.1 Å². The Balaban J connectivity index is 1.43. The summed E-state index contributed by atoms with van der Waals surface area (Å²) in [6.07, 6.45) is 4.64. The minimum Gasteiger partial charge on any atom is -0.467 e. The SMILES string of the molecule is O=C(NCCn1ncc2c(NCc3ccco3)ncnc21)c1cc(Cl)ccc1[N+](=O)[O-]. The predicted octanol–water partition coefficient (Wildman–Crippen LogP) is 3.02. The number of benzene rings is 1. The number of nitrogens with zero attached hydrogens (tertiary/aromatic N) is 5. The summed E-state index contributed by atoms with van der Waals surface area (Å²) in [7, 11) is 0. The molecule has 0 aliphatic carbocycles. The van der Waals surface area contributed by atoms with Crippen LogP contribution in [0.1, 0.15) is 16.1 Å². The third-order valence-electron chi connectivity index (χ3n) is 4.45. The second-order valence-corrected chi connectivity index (χ2v) is 6.87. The van der Waals surface area contributed by atoms with Crippen LogP contribution in [0.15, 0.2) is 53.5 Å². The number of hydrogen-bond acceptors (Lipinski definition) is 8. The fourth-order valence-corrected chi connectivity index (χ4v) is 3.17. The first-order valence-electron chi connectivity index (χ1n) is 9.18. The first-order chi connectivity index (χ1) is 15.0. The third kappa shape index (κ3) is 4.46. The van der Waals surface area contributed by atoms with Crippen LogP contribution in [0.5, 0.6) is 0 Å². The number of halogens is 1. The zero-order chi connectivity index (χ0) is 21.8. The lowest BCUT2D eigenvalue weighted by Gasteiger charge is -2.08. The highest BCUT2D eigenvalue weighted by atomic mass is 35.5. The van der Waals surface area contributed by atoms with Gasteiger partial charge in [0.1, 0.15) is 23.5 Å². The van der Waals surface area contributed by atoms with Crippen LogP contribution in [0.2, 0.25) is 5.02 Å². The Labute approximate surface area is 180 Å². The lowest BCUT2D eigenvalue weighted by atomic mass is 10.1. The number of carbonyl (C=O) groups excluding carboxylic acids is 1. The fraction of sp³-hybridized carbons (Fsp3) is 0.158. The van der Waals surface area contributed by atoms with E-state index in [2.05, 4.69) is 25.7 Å². The van der Waals surface area contributed by atoms with Crippen molar-refractivity contribution < 1.29 is 14.1 Å². The van der Waals surface area contributed by atoms with Crippen LogP contribution < -0.4 is 10.6 Å². The maximum Gasteiger partial charge on any atom is 0.282 e. The number of anilines is 1. The average molecular weight is 442 g/mol. The molecule has 4 aromatic rings. The molecule has 0 atom stereocenters. The van der Waals surface area contributed by atoms with Crippen molar-refractivity contribution in [3.8, 4) is 0 Å². The maximum absolute atomic E-state index is 12.4. The van der Waals surface area contributed by atoms with E-state index in [-0.39, 0.29) is 22.8 Å². The molecule has 4 rings (SSSR count). The van der Waals surface area contributed by atoms with Crippen LogP contribution in [0, 0.1) is 10.1 Å². The minimum atomic E-state index is -0.625. The van der Waals surface area contributed by atoms with Gasteiger partial charge in [0.2, 0.25) is 0 Å². The minimum absolute atomic E-state index is 0.102. The van der Waals surface area contributed by atoms with Gasteiger partial charge in [0, 0.05) is 17.6 Å². The number of hydrogen-bond donors (Lipinski definition) is 2. The number of rotatable bonds is 8. The van der Waals surface area contributed by atoms with Gasteiger partial charge in [0.05, 0.1) is 35.9 Å². The number of aromatic nitrogens is 4. The summed E-state index contributed by atoms with van der Waals surface area (Å²) in [5.41, 5.74) is 0.168. The molecule has 0 aliphatic rings. The highest BCUT2D eigenvalue weighted by molar-refractivity contribution is 6.31. The monoisotopic (exact) mass is 441 g/mol. The lowest BCUT2D eigenvalue weighted by Crippen LogP contribution is -2.28. The molecule has 31 heavy (non-hydrogen) atoms. The molecule has 0 radical (unpaired) electrons. The van der Waals surface area contributed by atoms with Gasteiger partial charge in [-0.25, -0.2) is 14.6 Å². The molecule has 0 unspecified atom stereocenters. The van der Waals surface area contributed by atoms with Crippen molar-refractivity contribution in [2.45, 2.75) is 13.1 Å². The van der Waals surface area contributed by atoms with E-state index in [1.54, 1.807) is 23.2 Å². The molecule has 1 amide bonds. The number of fused-ring (bicyclic) bond motifs is 1. The molecule has 0 saturated heterocycles. The van der Waals surface area contributed by atoms with Crippen LogP contribution in [-0.2, 0) is 13.1 Å². The van der Waals surface area contributed by atoms with E-state index < -0.39 is 10.8 Å². The zero-order valence-corrected chi connectivity index (χ0v) is 16.7. The Morgan fingerprint density at radius 1 is 1.29 bits per heavy atom. The smallest absolute Gasteiger partial charge is 0.282 e. The molecule has 3 heterocycles. The van der Waals surface area contributed by atoms with Gasteiger partial charge in [-0.15, -0.1) is 0 Å². The number of nitrogens with one attached hydrogen (secondary N) is 2. The molecule has 0 bridgehead atoms. The van der Waals surface area contributed by atoms with E-state index in [4.69, 9.17) is 16.0 Å². The number of nitro benzene ring substituents is 1.